The summed E-state index contributed by atoms with van der Waals surface area (Å²) < 4.78 is 0. The third kappa shape index (κ3) is 2.59. The molecule has 1 aromatic heterocycles. The lowest BCUT2D eigenvalue weighted by atomic mass is 10.1. The number of carbonyl (C=O) groups excluding carboxylic acids is 1. The number of hydrogen-bond acceptors (Lipinski definition) is 3. The number of rotatable bonds is 3. The second-order valence-electron chi connectivity index (χ2n) is 5.30. The van der Waals surface area contributed by atoms with Gasteiger partial charge in [0.2, 0.25) is 0 Å². The van der Waals surface area contributed by atoms with Gasteiger partial charge in [-0.3, -0.25) is 14.6 Å². The van der Waals surface area contributed by atoms with E-state index in [-0.39, 0.29) is 18.4 Å². The van der Waals surface area contributed by atoms with Crippen LogP contribution in [0.3, 0.4) is 0 Å². The van der Waals surface area contributed by atoms with Crippen LogP contribution in [0.1, 0.15) is 29.6 Å². The maximum absolute atomic E-state index is 12.7. The van der Waals surface area contributed by atoms with Crippen LogP contribution in [0.4, 0.5) is 0 Å². The van der Waals surface area contributed by atoms with Crippen LogP contribution in [0.25, 0.3) is 10.8 Å². The number of carbonyl (C=O) groups is 2. The number of aromatic nitrogens is 1. The maximum Gasteiger partial charge on any atom is 0.305 e. The molecule has 0 spiro atoms. The lowest BCUT2D eigenvalue weighted by Crippen LogP contribution is -2.37. The van der Waals surface area contributed by atoms with Crippen molar-refractivity contribution >= 4 is 22.6 Å². The standard InChI is InChI=1S/C16H16N2O3/c19-15(20)8-12-5-3-7-18(12)16(21)14-10-17-9-11-4-1-2-6-13(11)14/h1-2,4,6,9-10,12H,3,5,7-8H2,(H,19,20)/t12-/m0/s1. The number of hydrogen-bond donors (Lipinski definition) is 1. The molecule has 5 heteroatoms. The van der Waals surface area contributed by atoms with Crippen molar-refractivity contribution in [3.63, 3.8) is 0 Å². The van der Waals surface area contributed by atoms with Gasteiger partial charge < -0.3 is 10.0 Å². The average molecular weight is 284 g/mol. The van der Waals surface area contributed by atoms with Crippen molar-refractivity contribution in [3.05, 3.63) is 42.2 Å². The highest BCUT2D eigenvalue weighted by molar-refractivity contribution is 6.06. The molecular formula is C16H16N2O3. The van der Waals surface area contributed by atoms with Gasteiger partial charge in [0.15, 0.2) is 0 Å². The molecule has 1 amide bonds. The average Bonchev–Trinajstić information content (AvgIpc) is 2.93. The predicted octanol–water partition coefficient (Wildman–Crippen LogP) is 2.31. The SMILES string of the molecule is O=C(O)C[C@@H]1CCCN1C(=O)c1cncc2ccccc12. The van der Waals surface area contributed by atoms with E-state index >= 15 is 0 Å². The third-order valence-electron chi connectivity index (χ3n) is 3.95. The Bertz CT molecular complexity index is 693. The molecule has 0 radical (unpaired) electrons. The maximum atomic E-state index is 12.7. The quantitative estimate of drug-likeness (QED) is 0.939. The van der Waals surface area contributed by atoms with Crippen LogP contribution in [0.5, 0.6) is 0 Å². The summed E-state index contributed by atoms with van der Waals surface area (Å²) in [4.78, 5) is 29.5. The molecule has 1 fully saturated rings. The number of carboxylic acids is 1. The number of pyridine rings is 1. The summed E-state index contributed by atoms with van der Waals surface area (Å²) in [6.07, 6.45) is 4.90. The molecule has 5 nitrogen and oxygen atoms in total. The topological polar surface area (TPSA) is 70.5 Å². The van der Waals surface area contributed by atoms with Gasteiger partial charge in [0.25, 0.3) is 5.91 Å². The van der Waals surface area contributed by atoms with Crippen LogP contribution in [-0.2, 0) is 4.79 Å². The minimum Gasteiger partial charge on any atom is -0.481 e. The first-order chi connectivity index (χ1) is 10.2. The summed E-state index contributed by atoms with van der Waals surface area (Å²) in [7, 11) is 0. The zero-order valence-corrected chi connectivity index (χ0v) is 11.5. The van der Waals surface area contributed by atoms with Gasteiger partial charge >= 0.3 is 5.97 Å². The molecule has 21 heavy (non-hydrogen) atoms. The van der Waals surface area contributed by atoms with Gasteiger partial charge in [-0.05, 0) is 18.2 Å². The summed E-state index contributed by atoms with van der Waals surface area (Å²) >= 11 is 0. The molecule has 0 aliphatic carbocycles. The van der Waals surface area contributed by atoms with Crippen LogP contribution < -0.4 is 0 Å². The van der Waals surface area contributed by atoms with E-state index in [1.807, 2.05) is 24.3 Å². The smallest absolute Gasteiger partial charge is 0.305 e. The van der Waals surface area contributed by atoms with Gasteiger partial charge in [-0.2, -0.15) is 0 Å². The Hall–Kier alpha value is -2.43. The molecule has 0 unspecified atom stereocenters. The van der Waals surface area contributed by atoms with Crippen molar-refractivity contribution in [1.29, 1.82) is 0 Å². The van der Waals surface area contributed by atoms with Gasteiger partial charge in [0.1, 0.15) is 0 Å². The first kappa shape index (κ1) is 13.5. The second kappa shape index (κ2) is 5.52. The highest BCUT2D eigenvalue weighted by Gasteiger charge is 2.31. The van der Waals surface area contributed by atoms with E-state index < -0.39 is 5.97 Å². The highest BCUT2D eigenvalue weighted by Crippen LogP contribution is 2.25. The number of aliphatic carboxylic acids is 1. The molecule has 1 N–H and O–H groups in total. The van der Waals surface area contributed by atoms with Crippen LogP contribution in [0, 0.1) is 0 Å². The van der Waals surface area contributed by atoms with Crippen LogP contribution in [0.15, 0.2) is 36.7 Å². The van der Waals surface area contributed by atoms with E-state index in [0.29, 0.717) is 12.1 Å². The Labute approximate surface area is 122 Å². The Balaban J connectivity index is 1.95. The van der Waals surface area contributed by atoms with Crippen molar-refractivity contribution in [3.8, 4) is 0 Å². The van der Waals surface area contributed by atoms with Gasteiger partial charge in [-0.1, -0.05) is 24.3 Å². The number of benzene rings is 1. The van der Waals surface area contributed by atoms with Crippen LogP contribution >= 0.6 is 0 Å². The Morgan fingerprint density at radius 1 is 1.29 bits per heavy atom. The second-order valence-corrected chi connectivity index (χ2v) is 5.30. The molecule has 2 aromatic rings. The number of amides is 1. The lowest BCUT2D eigenvalue weighted by Gasteiger charge is -2.24. The number of likely N-dealkylation sites (tertiary alicyclic amines) is 1. The van der Waals surface area contributed by atoms with E-state index in [9.17, 15) is 9.59 Å². The number of carboxylic acid groups (broad SMARTS) is 1. The van der Waals surface area contributed by atoms with Crippen LogP contribution in [-0.4, -0.2) is 39.5 Å². The highest BCUT2D eigenvalue weighted by atomic mass is 16.4. The Kier molecular flexibility index (Phi) is 3.56. The minimum absolute atomic E-state index is 0.00390. The van der Waals surface area contributed by atoms with Crippen molar-refractivity contribution in [2.24, 2.45) is 0 Å². The molecular weight excluding hydrogens is 268 g/mol. The van der Waals surface area contributed by atoms with Crippen LogP contribution in [0.2, 0.25) is 0 Å². The minimum atomic E-state index is -0.865. The van der Waals surface area contributed by atoms with Crippen molar-refractivity contribution in [2.45, 2.75) is 25.3 Å². The van der Waals surface area contributed by atoms with Gasteiger partial charge in [0, 0.05) is 30.4 Å². The predicted molar refractivity (Wildman–Crippen MR) is 78.1 cm³/mol. The Morgan fingerprint density at radius 2 is 2.10 bits per heavy atom. The molecule has 1 saturated heterocycles. The van der Waals surface area contributed by atoms with E-state index in [2.05, 4.69) is 4.98 Å². The van der Waals surface area contributed by atoms with E-state index in [1.165, 1.54) is 0 Å². The van der Waals surface area contributed by atoms with E-state index in [0.717, 1.165) is 23.6 Å². The van der Waals surface area contributed by atoms with Gasteiger partial charge in [0.05, 0.1) is 12.0 Å². The monoisotopic (exact) mass is 284 g/mol. The zero-order chi connectivity index (χ0) is 14.8. The molecule has 3 rings (SSSR count). The summed E-state index contributed by atoms with van der Waals surface area (Å²) in [6, 6.07) is 7.39. The van der Waals surface area contributed by atoms with Gasteiger partial charge in [-0.25, -0.2) is 0 Å². The van der Waals surface area contributed by atoms with Gasteiger partial charge in [-0.15, -0.1) is 0 Å². The largest absolute Gasteiger partial charge is 0.481 e. The molecule has 2 heterocycles. The third-order valence-corrected chi connectivity index (χ3v) is 3.95. The molecule has 1 aliphatic rings. The van der Waals surface area contributed by atoms with Crippen molar-refractivity contribution in [1.82, 2.24) is 9.88 Å². The fourth-order valence-corrected chi connectivity index (χ4v) is 2.96. The molecule has 0 saturated carbocycles. The summed E-state index contributed by atoms with van der Waals surface area (Å²) in [6.45, 7) is 0.611. The fourth-order valence-electron chi connectivity index (χ4n) is 2.96. The van der Waals surface area contributed by atoms with Crippen molar-refractivity contribution in [2.75, 3.05) is 6.54 Å². The summed E-state index contributed by atoms with van der Waals surface area (Å²) in [5.74, 6) is -0.987. The Morgan fingerprint density at radius 3 is 2.90 bits per heavy atom. The molecule has 1 atom stereocenters. The van der Waals surface area contributed by atoms with E-state index in [4.69, 9.17) is 5.11 Å². The molecule has 0 bridgehead atoms. The molecule has 108 valence electrons. The lowest BCUT2D eigenvalue weighted by molar-refractivity contribution is -0.137. The summed E-state index contributed by atoms with van der Waals surface area (Å²) in [5, 5.41) is 10.7. The fraction of sp³-hybridized carbons (Fsp3) is 0.312. The number of nitrogens with zero attached hydrogens (tertiary/aromatic N) is 2. The first-order valence-corrected chi connectivity index (χ1v) is 7.02. The first-order valence-electron chi connectivity index (χ1n) is 7.02. The molecule has 1 aromatic carbocycles. The van der Waals surface area contributed by atoms with E-state index in [1.54, 1.807) is 17.3 Å². The zero-order valence-electron chi connectivity index (χ0n) is 11.5. The molecule has 1 aliphatic heterocycles. The van der Waals surface area contributed by atoms with Crippen molar-refractivity contribution < 1.29 is 14.7 Å². The number of fused-ring (bicyclic) bond motifs is 1. The summed E-state index contributed by atoms with van der Waals surface area (Å²) in [5.41, 5.74) is 0.547. The normalized spacial score (nSPS) is 18.1.